The van der Waals surface area contributed by atoms with Crippen LogP contribution in [0.4, 0.5) is 0 Å². The molecule has 1 aromatic carbocycles. The second-order valence-electron chi connectivity index (χ2n) is 6.83. The first-order chi connectivity index (χ1) is 10.4. The van der Waals surface area contributed by atoms with Crippen LogP contribution in [0.15, 0.2) is 18.2 Å². The second kappa shape index (κ2) is 7.14. The van der Waals surface area contributed by atoms with Crippen molar-refractivity contribution in [3.8, 4) is 5.75 Å². The Labute approximate surface area is 133 Å². The number of methoxy groups -OCH3 is 1. The molecule has 1 unspecified atom stereocenters. The van der Waals surface area contributed by atoms with E-state index in [4.69, 9.17) is 9.47 Å². The Morgan fingerprint density at radius 3 is 2.77 bits per heavy atom. The number of carbonyl (C=O) groups is 1. The highest BCUT2D eigenvalue weighted by molar-refractivity contribution is 5.80. The average Bonchev–Trinajstić information content (AvgIpc) is 3.00. The van der Waals surface area contributed by atoms with Gasteiger partial charge in [-0.05, 0) is 41.9 Å². The maximum Gasteiger partial charge on any atom is 0.249 e. The average molecular weight is 305 g/mol. The second-order valence-corrected chi connectivity index (χ2v) is 6.83. The quantitative estimate of drug-likeness (QED) is 0.910. The summed E-state index contributed by atoms with van der Waals surface area (Å²) in [6.07, 6.45) is 2.38. The molecule has 1 N–H and O–H groups in total. The number of amides is 1. The summed E-state index contributed by atoms with van der Waals surface area (Å²) >= 11 is 0. The van der Waals surface area contributed by atoms with Crippen LogP contribution in [-0.4, -0.2) is 32.3 Å². The summed E-state index contributed by atoms with van der Waals surface area (Å²) in [4.78, 5) is 11.9. The van der Waals surface area contributed by atoms with Crippen molar-refractivity contribution in [3.63, 3.8) is 0 Å². The van der Waals surface area contributed by atoms with Crippen molar-refractivity contribution >= 4 is 5.91 Å². The standard InChI is InChI=1S/C18H27NO3/c1-18(2,3)14-12-13(7-8-15(14)21-4)9-10-19-17(20)16-6-5-11-22-16/h7-8,12,16H,5-6,9-11H2,1-4H3,(H,19,20). The first-order valence-electron chi connectivity index (χ1n) is 7.98. The summed E-state index contributed by atoms with van der Waals surface area (Å²) in [7, 11) is 1.70. The van der Waals surface area contributed by atoms with E-state index in [1.807, 2.05) is 6.07 Å². The fraction of sp³-hybridized carbons (Fsp3) is 0.611. The molecule has 0 bridgehead atoms. The molecule has 1 fully saturated rings. The first kappa shape index (κ1) is 16.8. The van der Waals surface area contributed by atoms with Gasteiger partial charge in [-0.2, -0.15) is 0 Å². The molecule has 0 saturated carbocycles. The van der Waals surface area contributed by atoms with Crippen LogP contribution in [0.5, 0.6) is 5.75 Å². The SMILES string of the molecule is COc1ccc(CCNC(=O)C2CCCO2)cc1C(C)(C)C. The Kier molecular flexibility index (Phi) is 5.46. The van der Waals surface area contributed by atoms with Gasteiger partial charge < -0.3 is 14.8 Å². The van der Waals surface area contributed by atoms with Crippen molar-refractivity contribution in [1.82, 2.24) is 5.32 Å². The minimum atomic E-state index is -0.249. The first-order valence-corrected chi connectivity index (χ1v) is 7.98. The van der Waals surface area contributed by atoms with Gasteiger partial charge in [0, 0.05) is 13.2 Å². The number of benzene rings is 1. The summed E-state index contributed by atoms with van der Waals surface area (Å²) in [6, 6.07) is 6.25. The van der Waals surface area contributed by atoms with E-state index in [0.717, 1.165) is 25.0 Å². The highest BCUT2D eigenvalue weighted by atomic mass is 16.5. The molecular weight excluding hydrogens is 278 g/mol. The highest BCUT2D eigenvalue weighted by Crippen LogP contribution is 2.32. The molecule has 1 aliphatic rings. The molecule has 4 heteroatoms. The number of carbonyl (C=O) groups excluding carboxylic acids is 1. The lowest BCUT2D eigenvalue weighted by Gasteiger charge is -2.23. The summed E-state index contributed by atoms with van der Waals surface area (Å²) in [5.74, 6) is 0.932. The van der Waals surface area contributed by atoms with Gasteiger partial charge in [0.2, 0.25) is 5.91 Å². The van der Waals surface area contributed by atoms with E-state index >= 15 is 0 Å². The Morgan fingerprint density at radius 2 is 2.18 bits per heavy atom. The van der Waals surface area contributed by atoms with E-state index in [-0.39, 0.29) is 17.4 Å². The smallest absolute Gasteiger partial charge is 0.249 e. The van der Waals surface area contributed by atoms with E-state index in [2.05, 4.69) is 38.2 Å². The topological polar surface area (TPSA) is 47.6 Å². The van der Waals surface area contributed by atoms with Crippen molar-refractivity contribution in [1.29, 1.82) is 0 Å². The van der Waals surface area contributed by atoms with Gasteiger partial charge in [0.15, 0.2) is 0 Å². The van der Waals surface area contributed by atoms with E-state index in [9.17, 15) is 4.79 Å². The van der Waals surface area contributed by atoms with Gasteiger partial charge in [-0.15, -0.1) is 0 Å². The van der Waals surface area contributed by atoms with Crippen LogP contribution in [0.1, 0.15) is 44.7 Å². The molecule has 1 aliphatic heterocycles. The van der Waals surface area contributed by atoms with Crippen LogP contribution in [0, 0.1) is 0 Å². The van der Waals surface area contributed by atoms with Crippen LogP contribution < -0.4 is 10.1 Å². The van der Waals surface area contributed by atoms with Crippen molar-refractivity contribution in [3.05, 3.63) is 29.3 Å². The Hall–Kier alpha value is -1.55. The summed E-state index contributed by atoms with van der Waals surface area (Å²) < 4.78 is 10.8. The molecule has 1 atom stereocenters. The number of nitrogens with one attached hydrogen (secondary N) is 1. The summed E-state index contributed by atoms with van der Waals surface area (Å²) in [5, 5.41) is 2.96. The maximum absolute atomic E-state index is 11.9. The predicted octanol–water partition coefficient (Wildman–Crippen LogP) is 2.83. The van der Waals surface area contributed by atoms with Crippen LogP contribution in [0.2, 0.25) is 0 Å². The Balaban J connectivity index is 1.94. The van der Waals surface area contributed by atoms with Gasteiger partial charge >= 0.3 is 0 Å². The highest BCUT2D eigenvalue weighted by Gasteiger charge is 2.23. The lowest BCUT2D eigenvalue weighted by Crippen LogP contribution is -2.35. The molecule has 22 heavy (non-hydrogen) atoms. The van der Waals surface area contributed by atoms with Crippen molar-refractivity contribution < 1.29 is 14.3 Å². The normalized spacial score (nSPS) is 18.3. The largest absolute Gasteiger partial charge is 0.496 e. The van der Waals surface area contributed by atoms with Crippen LogP contribution in [0.25, 0.3) is 0 Å². The predicted molar refractivity (Wildman–Crippen MR) is 87.4 cm³/mol. The molecule has 1 aromatic rings. The number of ether oxygens (including phenoxy) is 2. The van der Waals surface area contributed by atoms with Crippen LogP contribution in [-0.2, 0) is 21.4 Å². The molecule has 122 valence electrons. The molecule has 0 aliphatic carbocycles. The maximum atomic E-state index is 11.9. The molecule has 4 nitrogen and oxygen atoms in total. The fourth-order valence-electron chi connectivity index (χ4n) is 2.73. The van der Waals surface area contributed by atoms with E-state index < -0.39 is 0 Å². The zero-order chi connectivity index (χ0) is 16.2. The van der Waals surface area contributed by atoms with Gasteiger partial charge in [0.1, 0.15) is 11.9 Å². The third kappa shape index (κ3) is 4.23. The monoisotopic (exact) mass is 305 g/mol. The van der Waals surface area contributed by atoms with Gasteiger partial charge in [-0.1, -0.05) is 32.9 Å². The third-order valence-corrected chi connectivity index (χ3v) is 4.01. The third-order valence-electron chi connectivity index (χ3n) is 4.01. The van der Waals surface area contributed by atoms with Gasteiger partial charge in [-0.3, -0.25) is 4.79 Å². The summed E-state index contributed by atoms with van der Waals surface area (Å²) in [5.41, 5.74) is 2.43. The number of rotatable bonds is 5. The molecule has 0 radical (unpaired) electrons. The Bertz CT molecular complexity index is 514. The molecule has 0 spiro atoms. The Morgan fingerprint density at radius 1 is 1.41 bits per heavy atom. The molecule has 1 amide bonds. The van der Waals surface area contributed by atoms with Gasteiger partial charge in [-0.25, -0.2) is 0 Å². The zero-order valence-corrected chi connectivity index (χ0v) is 14.1. The van der Waals surface area contributed by atoms with Crippen LogP contribution >= 0.6 is 0 Å². The van der Waals surface area contributed by atoms with E-state index in [1.165, 1.54) is 11.1 Å². The lowest BCUT2D eigenvalue weighted by atomic mass is 9.85. The van der Waals surface area contributed by atoms with Crippen molar-refractivity contribution in [2.75, 3.05) is 20.3 Å². The molecular formula is C18H27NO3. The minimum Gasteiger partial charge on any atom is -0.496 e. The van der Waals surface area contributed by atoms with Gasteiger partial charge in [0.25, 0.3) is 0 Å². The summed E-state index contributed by atoms with van der Waals surface area (Å²) in [6.45, 7) is 7.86. The van der Waals surface area contributed by atoms with Crippen molar-refractivity contribution in [2.24, 2.45) is 0 Å². The van der Waals surface area contributed by atoms with Crippen LogP contribution in [0.3, 0.4) is 0 Å². The van der Waals surface area contributed by atoms with E-state index in [1.54, 1.807) is 7.11 Å². The molecule has 1 saturated heterocycles. The molecule has 0 aromatic heterocycles. The minimum absolute atomic E-state index is 0.0158. The fourth-order valence-corrected chi connectivity index (χ4v) is 2.73. The van der Waals surface area contributed by atoms with E-state index in [0.29, 0.717) is 13.2 Å². The molecule has 1 heterocycles. The van der Waals surface area contributed by atoms with Crippen molar-refractivity contribution in [2.45, 2.75) is 51.6 Å². The zero-order valence-electron chi connectivity index (χ0n) is 14.1. The van der Waals surface area contributed by atoms with Gasteiger partial charge in [0.05, 0.1) is 7.11 Å². The number of hydrogen-bond donors (Lipinski definition) is 1. The molecule has 2 rings (SSSR count). The number of hydrogen-bond acceptors (Lipinski definition) is 3. The lowest BCUT2D eigenvalue weighted by molar-refractivity contribution is -0.129.